The molecule has 1 aliphatic heterocycles. The third-order valence-corrected chi connectivity index (χ3v) is 5.18. The van der Waals surface area contributed by atoms with Gasteiger partial charge in [0.25, 0.3) is 0 Å². The molecular formula is C12H17N3O2S. The Kier molecular flexibility index (Phi) is 2.93. The number of hydrogen-bond acceptors (Lipinski definition) is 4. The van der Waals surface area contributed by atoms with Crippen LogP contribution in [0.2, 0.25) is 0 Å². The van der Waals surface area contributed by atoms with Crippen LogP contribution in [-0.2, 0) is 0 Å². The van der Waals surface area contributed by atoms with E-state index in [1.165, 1.54) is 0 Å². The minimum Gasteiger partial charge on any atom is -0.382 e. The van der Waals surface area contributed by atoms with E-state index in [1.807, 2.05) is 12.1 Å². The third-order valence-electron chi connectivity index (χ3n) is 3.40. The molecular weight excluding hydrogens is 250 g/mol. The highest BCUT2D eigenvalue weighted by molar-refractivity contribution is 8.24. The van der Waals surface area contributed by atoms with Gasteiger partial charge in [0, 0.05) is 28.6 Å². The maximum absolute atomic E-state index is 9.57. The van der Waals surface area contributed by atoms with Crippen LogP contribution in [0, 0.1) is 0 Å². The number of rotatable bonds is 2. The van der Waals surface area contributed by atoms with Crippen LogP contribution in [0.15, 0.2) is 24.4 Å². The van der Waals surface area contributed by atoms with Crippen molar-refractivity contribution in [3.63, 3.8) is 0 Å². The lowest BCUT2D eigenvalue weighted by molar-refractivity contribution is 0.462. The highest BCUT2D eigenvalue weighted by Crippen LogP contribution is 2.44. The van der Waals surface area contributed by atoms with Crippen LogP contribution in [0.3, 0.4) is 0 Å². The van der Waals surface area contributed by atoms with E-state index in [-0.39, 0.29) is 0 Å². The lowest BCUT2D eigenvalue weighted by Gasteiger charge is -2.39. The molecule has 2 heterocycles. The largest absolute Gasteiger partial charge is 0.382 e. The predicted molar refractivity (Wildman–Crippen MR) is 75.3 cm³/mol. The summed E-state index contributed by atoms with van der Waals surface area (Å²) in [5.74, 6) is 1.03. The van der Waals surface area contributed by atoms with Gasteiger partial charge in [-0.05, 0) is 31.0 Å². The van der Waals surface area contributed by atoms with Gasteiger partial charge in [-0.2, -0.15) is 15.7 Å². The summed E-state index contributed by atoms with van der Waals surface area (Å²) in [7, 11) is -2.29. The van der Waals surface area contributed by atoms with E-state index in [4.69, 9.17) is 0 Å². The third kappa shape index (κ3) is 2.45. The highest BCUT2D eigenvalue weighted by Gasteiger charge is 2.23. The first-order valence-electron chi connectivity index (χ1n) is 6.06. The van der Waals surface area contributed by atoms with Crippen molar-refractivity contribution in [3.8, 4) is 0 Å². The lowest BCUT2D eigenvalue weighted by atomic mass is 10.1. The molecule has 0 atom stereocenters. The second-order valence-corrected chi connectivity index (χ2v) is 7.22. The number of fused-ring (bicyclic) bond motifs is 1. The van der Waals surface area contributed by atoms with E-state index >= 15 is 0 Å². The van der Waals surface area contributed by atoms with Gasteiger partial charge in [0.05, 0.1) is 11.7 Å². The van der Waals surface area contributed by atoms with E-state index in [2.05, 4.69) is 21.6 Å². The minimum atomic E-state index is -2.29. The van der Waals surface area contributed by atoms with Gasteiger partial charge in [0.15, 0.2) is 0 Å². The molecule has 0 amide bonds. The van der Waals surface area contributed by atoms with Crippen molar-refractivity contribution in [2.24, 2.45) is 0 Å². The smallest absolute Gasteiger partial charge is 0.0651 e. The summed E-state index contributed by atoms with van der Waals surface area (Å²) in [6.45, 7) is 0. The number of nitrogens with one attached hydrogen (secondary N) is 2. The molecule has 0 unspecified atom stereocenters. The highest BCUT2D eigenvalue weighted by atomic mass is 32.3. The normalized spacial score (nSPS) is 21.9. The Morgan fingerprint density at radius 3 is 2.83 bits per heavy atom. The molecule has 1 aromatic heterocycles. The van der Waals surface area contributed by atoms with E-state index in [0.29, 0.717) is 17.5 Å². The molecule has 0 bridgehead atoms. The Bertz CT molecular complexity index is 545. The maximum Gasteiger partial charge on any atom is 0.0651 e. The molecule has 1 aliphatic rings. The summed E-state index contributed by atoms with van der Waals surface area (Å²) in [5, 5.41) is 11.4. The van der Waals surface area contributed by atoms with Crippen molar-refractivity contribution in [2.75, 3.05) is 16.8 Å². The molecule has 1 aromatic carbocycles. The van der Waals surface area contributed by atoms with Gasteiger partial charge < -0.3 is 5.32 Å². The van der Waals surface area contributed by atoms with E-state index < -0.39 is 10.6 Å². The topological polar surface area (TPSA) is 81.2 Å². The Morgan fingerprint density at radius 1 is 1.28 bits per heavy atom. The van der Waals surface area contributed by atoms with Crippen LogP contribution in [0.5, 0.6) is 0 Å². The number of aromatic amines is 1. The van der Waals surface area contributed by atoms with Crippen LogP contribution in [0.25, 0.3) is 10.9 Å². The number of hydrogen-bond donors (Lipinski definition) is 4. The summed E-state index contributed by atoms with van der Waals surface area (Å²) >= 11 is 0. The lowest BCUT2D eigenvalue weighted by Crippen LogP contribution is -2.30. The number of anilines is 1. The van der Waals surface area contributed by atoms with Crippen molar-refractivity contribution < 1.29 is 9.11 Å². The first-order valence-corrected chi connectivity index (χ1v) is 7.94. The Labute approximate surface area is 107 Å². The first-order chi connectivity index (χ1) is 8.62. The van der Waals surface area contributed by atoms with Gasteiger partial charge in [-0.25, -0.2) is 0 Å². The van der Waals surface area contributed by atoms with Crippen LogP contribution < -0.4 is 5.32 Å². The van der Waals surface area contributed by atoms with Crippen LogP contribution >= 0.6 is 10.6 Å². The van der Waals surface area contributed by atoms with E-state index in [1.54, 1.807) is 6.20 Å². The summed E-state index contributed by atoms with van der Waals surface area (Å²) < 4.78 is 19.1. The molecule has 0 radical (unpaired) electrons. The van der Waals surface area contributed by atoms with Crippen molar-refractivity contribution >= 4 is 27.2 Å². The molecule has 18 heavy (non-hydrogen) atoms. The summed E-state index contributed by atoms with van der Waals surface area (Å²) in [6, 6.07) is 6.41. The van der Waals surface area contributed by atoms with Crippen molar-refractivity contribution in [2.45, 2.75) is 18.9 Å². The second-order valence-electron chi connectivity index (χ2n) is 4.80. The van der Waals surface area contributed by atoms with Gasteiger partial charge >= 0.3 is 0 Å². The molecule has 0 spiro atoms. The van der Waals surface area contributed by atoms with Crippen LogP contribution in [-0.4, -0.2) is 36.9 Å². The molecule has 6 heteroatoms. The standard InChI is InChI=1S/C12H17N3O2S/c16-18(17)5-3-10(4-6-18)14-11-1-2-12-9(7-11)8-13-15-12/h1-2,7-8,10,14,16-17H,3-6H2,(H,13,15). The van der Waals surface area contributed by atoms with Crippen molar-refractivity contribution in [3.05, 3.63) is 24.4 Å². The first kappa shape index (κ1) is 11.8. The molecule has 0 aliphatic carbocycles. The molecule has 0 saturated carbocycles. The number of benzene rings is 1. The van der Waals surface area contributed by atoms with Crippen LogP contribution in [0.1, 0.15) is 12.8 Å². The molecule has 3 rings (SSSR count). The zero-order chi connectivity index (χ0) is 12.6. The monoisotopic (exact) mass is 267 g/mol. The average Bonchev–Trinajstić information content (AvgIpc) is 2.79. The van der Waals surface area contributed by atoms with Crippen molar-refractivity contribution in [1.82, 2.24) is 10.2 Å². The average molecular weight is 267 g/mol. The van der Waals surface area contributed by atoms with Gasteiger partial charge in [-0.1, -0.05) is 0 Å². The zero-order valence-electron chi connectivity index (χ0n) is 9.97. The zero-order valence-corrected chi connectivity index (χ0v) is 10.8. The number of aromatic nitrogens is 2. The molecule has 1 fully saturated rings. The van der Waals surface area contributed by atoms with Gasteiger partial charge in [0.1, 0.15) is 0 Å². The molecule has 2 aromatic rings. The Hall–Kier alpha value is -1.24. The fraction of sp³-hybridized carbons (Fsp3) is 0.417. The summed E-state index contributed by atoms with van der Waals surface area (Å²) in [5.41, 5.74) is 2.09. The van der Waals surface area contributed by atoms with Gasteiger partial charge in [0.2, 0.25) is 0 Å². The molecule has 5 nitrogen and oxygen atoms in total. The maximum atomic E-state index is 9.57. The van der Waals surface area contributed by atoms with Crippen LogP contribution in [0.4, 0.5) is 5.69 Å². The second kappa shape index (κ2) is 4.46. The number of nitrogens with zero attached hydrogens (tertiary/aromatic N) is 1. The fourth-order valence-electron chi connectivity index (χ4n) is 2.32. The molecule has 1 saturated heterocycles. The van der Waals surface area contributed by atoms with Gasteiger partial charge in [-0.3, -0.25) is 14.2 Å². The summed E-state index contributed by atoms with van der Waals surface area (Å²) in [4.78, 5) is 0. The van der Waals surface area contributed by atoms with E-state index in [0.717, 1.165) is 29.4 Å². The minimum absolute atomic E-state index is 0.328. The molecule has 4 N–H and O–H groups in total. The fourth-order valence-corrected chi connectivity index (χ4v) is 3.85. The Balaban J connectivity index is 1.69. The predicted octanol–water partition coefficient (Wildman–Crippen LogP) is 2.89. The number of H-pyrrole nitrogens is 1. The molecule has 98 valence electrons. The summed E-state index contributed by atoms with van der Waals surface area (Å²) in [6.07, 6.45) is 3.43. The SMILES string of the molecule is OS1(O)CCC(Nc2ccc3[nH]ncc3c2)CC1. The van der Waals surface area contributed by atoms with Crippen molar-refractivity contribution in [1.29, 1.82) is 0 Å². The quantitative estimate of drug-likeness (QED) is 0.674. The van der Waals surface area contributed by atoms with Gasteiger partial charge in [-0.15, -0.1) is 0 Å². The van der Waals surface area contributed by atoms with E-state index in [9.17, 15) is 9.11 Å². The Morgan fingerprint density at radius 2 is 2.06 bits per heavy atom.